The van der Waals surface area contributed by atoms with E-state index < -0.39 is 0 Å². The van der Waals surface area contributed by atoms with E-state index in [0.717, 1.165) is 23.6 Å². The van der Waals surface area contributed by atoms with Crippen molar-refractivity contribution in [1.29, 1.82) is 0 Å². The van der Waals surface area contributed by atoms with Crippen molar-refractivity contribution in [3.63, 3.8) is 0 Å². The second-order valence-corrected chi connectivity index (χ2v) is 5.36. The molecule has 0 bridgehead atoms. The molecule has 104 valence electrons. The van der Waals surface area contributed by atoms with Gasteiger partial charge in [-0.25, -0.2) is 4.39 Å². The average Bonchev–Trinajstić information content (AvgIpc) is 2.81. The summed E-state index contributed by atoms with van der Waals surface area (Å²) in [7, 11) is 1.46. The lowest BCUT2D eigenvalue weighted by molar-refractivity contribution is 0.386. The predicted molar refractivity (Wildman–Crippen MR) is 79.1 cm³/mol. The van der Waals surface area contributed by atoms with Gasteiger partial charge in [0.05, 0.1) is 13.2 Å². The van der Waals surface area contributed by atoms with Gasteiger partial charge in [-0.3, -0.25) is 0 Å². The van der Waals surface area contributed by atoms with Crippen LogP contribution in [-0.2, 0) is 6.42 Å². The zero-order chi connectivity index (χ0) is 14.1. The van der Waals surface area contributed by atoms with Crippen molar-refractivity contribution in [2.24, 2.45) is 0 Å². The Morgan fingerprint density at radius 2 is 2.10 bits per heavy atom. The van der Waals surface area contributed by atoms with Gasteiger partial charge >= 0.3 is 0 Å². The van der Waals surface area contributed by atoms with Crippen molar-refractivity contribution in [3.05, 3.63) is 58.4 Å². The van der Waals surface area contributed by atoms with E-state index in [-0.39, 0.29) is 17.6 Å². The van der Waals surface area contributed by atoms with Crippen LogP contribution in [0.5, 0.6) is 5.75 Å². The molecule has 2 aromatic rings. The molecular weight excluding hydrogens is 277 g/mol. The highest BCUT2D eigenvalue weighted by Crippen LogP contribution is 2.35. The highest BCUT2D eigenvalue weighted by Gasteiger charge is 2.22. The topological polar surface area (TPSA) is 21.3 Å². The van der Waals surface area contributed by atoms with Crippen molar-refractivity contribution in [1.82, 2.24) is 0 Å². The fraction of sp³-hybridized carbons (Fsp3) is 0.250. The van der Waals surface area contributed by atoms with E-state index in [0.29, 0.717) is 0 Å². The van der Waals surface area contributed by atoms with E-state index in [2.05, 4.69) is 5.32 Å². The monoisotopic (exact) mass is 291 g/mol. The van der Waals surface area contributed by atoms with Crippen molar-refractivity contribution >= 4 is 17.3 Å². The number of nitrogens with one attached hydrogen (secondary N) is 1. The lowest BCUT2D eigenvalue weighted by Gasteiger charge is -2.16. The molecule has 20 heavy (non-hydrogen) atoms. The largest absolute Gasteiger partial charge is 0.494 e. The van der Waals surface area contributed by atoms with E-state index in [9.17, 15) is 4.39 Å². The van der Waals surface area contributed by atoms with Crippen LogP contribution >= 0.6 is 11.6 Å². The molecule has 0 saturated carbocycles. The summed E-state index contributed by atoms with van der Waals surface area (Å²) in [6.45, 7) is 0. The molecule has 2 aromatic carbocycles. The smallest absolute Gasteiger partial charge is 0.167 e. The minimum absolute atomic E-state index is 0.204. The molecule has 0 saturated heterocycles. The Balaban J connectivity index is 1.82. The molecule has 1 aliphatic rings. The van der Waals surface area contributed by atoms with Crippen LogP contribution in [0.4, 0.5) is 10.1 Å². The average molecular weight is 292 g/mol. The molecule has 1 aliphatic carbocycles. The molecule has 0 aliphatic heterocycles. The molecule has 0 heterocycles. The highest BCUT2D eigenvalue weighted by molar-refractivity contribution is 6.30. The van der Waals surface area contributed by atoms with E-state index in [4.69, 9.17) is 16.3 Å². The number of hydrogen-bond donors (Lipinski definition) is 1. The van der Waals surface area contributed by atoms with Gasteiger partial charge in [0.2, 0.25) is 0 Å². The second-order valence-electron chi connectivity index (χ2n) is 4.93. The SMILES string of the molecule is COc1ccc(NC2CCc3cc(Cl)ccc32)cc1F. The third-order valence-corrected chi connectivity index (χ3v) is 3.91. The number of methoxy groups -OCH3 is 1. The number of fused-ring (bicyclic) bond motifs is 1. The first-order valence-electron chi connectivity index (χ1n) is 6.56. The standard InChI is InChI=1S/C16H15ClFNO/c1-20-16-7-4-12(9-14(16)18)19-15-6-2-10-8-11(17)3-5-13(10)15/h3-5,7-9,15,19H,2,6H2,1H3. The van der Waals surface area contributed by atoms with Gasteiger partial charge in [0.15, 0.2) is 11.6 Å². The Morgan fingerprint density at radius 1 is 1.25 bits per heavy atom. The molecule has 0 aromatic heterocycles. The summed E-state index contributed by atoms with van der Waals surface area (Å²) in [5.41, 5.74) is 3.27. The molecule has 1 unspecified atom stereocenters. The van der Waals surface area contributed by atoms with Crippen molar-refractivity contribution in [2.45, 2.75) is 18.9 Å². The van der Waals surface area contributed by atoms with Gasteiger partial charge in [-0.15, -0.1) is 0 Å². The van der Waals surface area contributed by atoms with E-state index in [1.807, 2.05) is 24.3 Å². The number of ether oxygens (including phenoxy) is 1. The molecule has 2 nitrogen and oxygen atoms in total. The quantitative estimate of drug-likeness (QED) is 0.893. The van der Waals surface area contributed by atoms with Crippen molar-refractivity contribution < 1.29 is 9.13 Å². The Labute approximate surface area is 122 Å². The van der Waals surface area contributed by atoms with Gasteiger partial charge in [-0.1, -0.05) is 17.7 Å². The lowest BCUT2D eigenvalue weighted by Crippen LogP contribution is -2.07. The Hall–Kier alpha value is -1.74. The highest BCUT2D eigenvalue weighted by atomic mass is 35.5. The van der Waals surface area contributed by atoms with Crippen LogP contribution in [0.2, 0.25) is 5.02 Å². The van der Waals surface area contributed by atoms with Crippen LogP contribution in [0, 0.1) is 5.82 Å². The number of halogens is 2. The van der Waals surface area contributed by atoms with Crippen LogP contribution < -0.4 is 10.1 Å². The zero-order valence-electron chi connectivity index (χ0n) is 11.1. The van der Waals surface area contributed by atoms with Gasteiger partial charge in [-0.05, 0) is 48.2 Å². The third-order valence-electron chi connectivity index (χ3n) is 3.68. The fourth-order valence-corrected chi connectivity index (χ4v) is 2.89. The summed E-state index contributed by atoms with van der Waals surface area (Å²) in [5, 5.41) is 4.13. The minimum Gasteiger partial charge on any atom is -0.494 e. The molecule has 0 radical (unpaired) electrons. The minimum atomic E-state index is -0.355. The van der Waals surface area contributed by atoms with Crippen LogP contribution in [0.1, 0.15) is 23.6 Å². The molecule has 0 amide bonds. The maximum absolute atomic E-state index is 13.7. The molecule has 0 fully saturated rings. The maximum Gasteiger partial charge on any atom is 0.167 e. The summed E-state index contributed by atoms with van der Waals surface area (Å²) >= 11 is 6.00. The molecule has 0 spiro atoms. The van der Waals surface area contributed by atoms with Crippen LogP contribution in [0.3, 0.4) is 0 Å². The molecule has 1 atom stereocenters. The zero-order valence-corrected chi connectivity index (χ0v) is 11.9. The van der Waals surface area contributed by atoms with Crippen LogP contribution in [-0.4, -0.2) is 7.11 Å². The van der Waals surface area contributed by atoms with Gasteiger partial charge < -0.3 is 10.1 Å². The third kappa shape index (κ3) is 2.46. The Morgan fingerprint density at radius 3 is 2.85 bits per heavy atom. The normalized spacial score (nSPS) is 16.9. The first-order valence-corrected chi connectivity index (χ1v) is 6.93. The van der Waals surface area contributed by atoms with E-state index in [1.54, 1.807) is 6.07 Å². The Bertz CT molecular complexity index is 644. The fourth-order valence-electron chi connectivity index (χ4n) is 2.69. The summed E-state index contributed by atoms with van der Waals surface area (Å²) in [5.74, 6) is -0.0963. The molecule has 4 heteroatoms. The van der Waals surface area contributed by atoms with E-state index in [1.165, 1.54) is 24.3 Å². The van der Waals surface area contributed by atoms with Gasteiger partial charge in [0.1, 0.15) is 0 Å². The first-order chi connectivity index (χ1) is 9.67. The van der Waals surface area contributed by atoms with Crippen molar-refractivity contribution in [3.8, 4) is 5.75 Å². The molecular formula is C16H15ClFNO. The van der Waals surface area contributed by atoms with Crippen LogP contribution in [0.15, 0.2) is 36.4 Å². The van der Waals surface area contributed by atoms with Crippen LogP contribution in [0.25, 0.3) is 0 Å². The van der Waals surface area contributed by atoms with Crippen molar-refractivity contribution in [2.75, 3.05) is 12.4 Å². The van der Waals surface area contributed by atoms with Gasteiger partial charge in [0, 0.05) is 16.8 Å². The lowest BCUT2D eigenvalue weighted by atomic mass is 10.1. The second kappa shape index (κ2) is 5.33. The van der Waals surface area contributed by atoms with Gasteiger partial charge in [-0.2, -0.15) is 0 Å². The number of aryl methyl sites for hydroxylation is 1. The summed E-state index contributed by atoms with van der Waals surface area (Å²) in [4.78, 5) is 0. The molecule has 3 rings (SSSR count). The summed E-state index contributed by atoms with van der Waals surface area (Å²) in [6, 6.07) is 11.1. The Kier molecular flexibility index (Phi) is 3.53. The molecule has 1 N–H and O–H groups in total. The summed E-state index contributed by atoms with van der Waals surface area (Å²) < 4.78 is 18.6. The van der Waals surface area contributed by atoms with E-state index >= 15 is 0 Å². The summed E-state index contributed by atoms with van der Waals surface area (Å²) in [6.07, 6.45) is 1.98. The maximum atomic E-state index is 13.7. The van der Waals surface area contributed by atoms with Gasteiger partial charge in [0.25, 0.3) is 0 Å². The number of anilines is 1. The number of hydrogen-bond acceptors (Lipinski definition) is 2. The number of rotatable bonds is 3. The number of benzene rings is 2. The first kappa shape index (κ1) is 13.3. The predicted octanol–water partition coefficient (Wildman–Crippen LogP) is 4.59.